The second-order valence-electron chi connectivity index (χ2n) is 8.57. The van der Waals surface area contributed by atoms with E-state index in [1.807, 2.05) is 0 Å². The molecule has 2 atom stereocenters. The van der Waals surface area contributed by atoms with Crippen LogP contribution in [0.1, 0.15) is 78.6 Å². The predicted octanol–water partition coefficient (Wildman–Crippen LogP) is 5.01. The van der Waals surface area contributed by atoms with Gasteiger partial charge in [-0.3, -0.25) is 0 Å². The minimum absolute atomic E-state index is 0.740. The molecule has 4 fully saturated rings. The van der Waals surface area contributed by atoms with Crippen LogP contribution in [0.25, 0.3) is 0 Å². The van der Waals surface area contributed by atoms with Gasteiger partial charge >= 0.3 is 0 Å². The molecule has 4 aliphatic carbocycles. The summed E-state index contributed by atoms with van der Waals surface area (Å²) in [5, 5.41) is 3.90. The number of rotatable bonds is 7. The van der Waals surface area contributed by atoms with Crippen molar-refractivity contribution in [1.82, 2.24) is 5.32 Å². The van der Waals surface area contributed by atoms with Gasteiger partial charge in [-0.2, -0.15) is 0 Å². The Labute approximate surface area is 126 Å². The minimum atomic E-state index is 0.740. The molecular weight excluding hydrogens is 242 g/mol. The monoisotopic (exact) mass is 277 g/mol. The first-order valence-corrected chi connectivity index (χ1v) is 9.37. The Morgan fingerprint density at radius 3 is 2.00 bits per heavy atom. The third kappa shape index (κ3) is 2.93. The maximum Gasteiger partial charge on any atom is 0.00978 e. The van der Waals surface area contributed by atoms with E-state index in [4.69, 9.17) is 0 Å². The lowest BCUT2D eigenvalue weighted by Gasteiger charge is -2.58. The molecule has 0 aromatic heterocycles. The summed E-state index contributed by atoms with van der Waals surface area (Å²) in [6.07, 6.45) is 13.5. The molecule has 0 aliphatic heterocycles. The third-order valence-corrected chi connectivity index (χ3v) is 6.81. The molecule has 0 saturated heterocycles. The zero-order valence-electron chi connectivity index (χ0n) is 14.0. The normalized spacial score (nSPS) is 41.9. The van der Waals surface area contributed by atoms with Gasteiger partial charge in [-0.1, -0.05) is 27.2 Å². The Balaban J connectivity index is 1.67. The summed E-state index contributed by atoms with van der Waals surface area (Å²) in [5.74, 6) is 4.15. The first kappa shape index (κ1) is 14.9. The maximum absolute atomic E-state index is 3.90. The fourth-order valence-corrected chi connectivity index (χ4v) is 6.10. The summed E-state index contributed by atoms with van der Waals surface area (Å²) < 4.78 is 0. The van der Waals surface area contributed by atoms with Crippen molar-refractivity contribution in [3.05, 3.63) is 0 Å². The first-order valence-electron chi connectivity index (χ1n) is 9.37. The van der Waals surface area contributed by atoms with Crippen LogP contribution in [0.3, 0.4) is 0 Å². The molecule has 2 unspecified atom stereocenters. The molecule has 1 N–H and O–H groups in total. The largest absolute Gasteiger partial charge is 0.314 e. The highest BCUT2D eigenvalue weighted by Crippen LogP contribution is 2.61. The van der Waals surface area contributed by atoms with Gasteiger partial charge in [0.15, 0.2) is 0 Å². The summed E-state index contributed by atoms with van der Waals surface area (Å²) in [6.45, 7) is 8.34. The van der Waals surface area contributed by atoms with E-state index in [1.165, 1.54) is 25.8 Å². The summed E-state index contributed by atoms with van der Waals surface area (Å²) in [6, 6.07) is 0.774. The highest BCUT2D eigenvalue weighted by molar-refractivity contribution is 5.03. The van der Waals surface area contributed by atoms with Crippen LogP contribution in [0.2, 0.25) is 0 Å². The van der Waals surface area contributed by atoms with Crippen molar-refractivity contribution >= 4 is 0 Å². The molecule has 1 heteroatoms. The molecule has 0 amide bonds. The maximum atomic E-state index is 3.90. The predicted molar refractivity (Wildman–Crippen MR) is 86.8 cm³/mol. The lowest BCUT2D eigenvalue weighted by atomic mass is 9.48. The highest BCUT2D eigenvalue weighted by Gasteiger charge is 2.51. The minimum Gasteiger partial charge on any atom is -0.314 e. The lowest BCUT2D eigenvalue weighted by Crippen LogP contribution is -2.50. The second-order valence-corrected chi connectivity index (χ2v) is 8.57. The SMILES string of the molecule is CCCNC(CC12CC3CC(CC(C3)C1)C2)C(C)CC. The molecule has 4 rings (SSSR count). The van der Waals surface area contributed by atoms with Crippen LogP contribution in [-0.2, 0) is 0 Å². The van der Waals surface area contributed by atoms with Gasteiger partial charge in [0.25, 0.3) is 0 Å². The smallest absolute Gasteiger partial charge is 0.00978 e. The van der Waals surface area contributed by atoms with Gasteiger partial charge in [-0.25, -0.2) is 0 Å². The molecule has 0 spiro atoms. The molecule has 4 aliphatic rings. The highest BCUT2D eigenvalue weighted by atomic mass is 14.9. The molecule has 4 bridgehead atoms. The summed E-state index contributed by atoms with van der Waals surface area (Å²) in [4.78, 5) is 0. The van der Waals surface area contributed by atoms with E-state index >= 15 is 0 Å². The fourth-order valence-electron chi connectivity index (χ4n) is 6.10. The van der Waals surface area contributed by atoms with E-state index in [1.54, 1.807) is 38.5 Å². The quantitative estimate of drug-likeness (QED) is 0.690. The zero-order chi connectivity index (χ0) is 14.2. The molecule has 20 heavy (non-hydrogen) atoms. The molecule has 116 valence electrons. The van der Waals surface area contributed by atoms with Crippen LogP contribution < -0.4 is 5.32 Å². The number of hydrogen-bond donors (Lipinski definition) is 1. The van der Waals surface area contributed by atoms with Crippen LogP contribution in [-0.4, -0.2) is 12.6 Å². The molecule has 0 heterocycles. The standard InChI is InChI=1S/C19H35N/c1-4-6-20-18(14(3)5-2)13-19-10-15-7-16(11-19)9-17(8-15)12-19/h14-18,20H,4-13H2,1-3H3. The Bertz CT molecular complexity index is 286. The van der Waals surface area contributed by atoms with E-state index < -0.39 is 0 Å². The van der Waals surface area contributed by atoms with Crippen LogP contribution in [0.15, 0.2) is 0 Å². The van der Waals surface area contributed by atoms with E-state index in [0.29, 0.717) is 0 Å². The topological polar surface area (TPSA) is 12.0 Å². The molecule has 0 aromatic carbocycles. The van der Waals surface area contributed by atoms with Crippen molar-refractivity contribution in [1.29, 1.82) is 0 Å². The third-order valence-electron chi connectivity index (χ3n) is 6.81. The van der Waals surface area contributed by atoms with Gasteiger partial charge in [0.05, 0.1) is 0 Å². The Kier molecular flexibility index (Phi) is 4.45. The van der Waals surface area contributed by atoms with Gasteiger partial charge in [0.2, 0.25) is 0 Å². The summed E-state index contributed by atoms with van der Waals surface area (Å²) in [7, 11) is 0. The van der Waals surface area contributed by atoms with E-state index in [-0.39, 0.29) is 0 Å². The average Bonchev–Trinajstić information content (AvgIpc) is 2.41. The average molecular weight is 277 g/mol. The van der Waals surface area contributed by atoms with Crippen molar-refractivity contribution in [3.8, 4) is 0 Å². The van der Waals surface area contributed by atoms with Crippen molar-refractivity contribution in [2.24, 2.45) is 29.1 Å². The molecule has 1 nitrogen and oxygen atoms in total. The van der Waals surface area contributed by atoms with Crippen LogP contribution in [0.5, 0.6) is 0 Å². The molecule has 0 radical (unpaired) electrons. The Morgan fingerprint density at radius 2 is 1.55 bits per heavy atom. The van der Waals surface area contributed by atoms with E-state index in [9.17, 15) is 0 Å². The van der Waals surface area contributed by atoms with Gasteiger partial charge in [-0.05, 0) is 87.0 Å². The Hall–Kier alpha value is -0.0400. The zero-order valence-corrected chi connectivity index (χ0v) is 14.0. The fraction of sp³-hybridized carbons (Fsp3) is 1.00. The van der Waals surface area contributed by atoms with Crippen LogP contribution >= 0.6 is 0 Å². The van der Waals surface area contributed by atoms with Gasteiger partial charge in [-0.15, -0.1) is 0 Å². The molecule has 0 aromatic rings. The first-order chi connectivity index (χ1) is 9.64. The molecule has 4 saturated carbocycles. The number of hydrogen-bond acceptors (Lipinski definition) is 1. The van der Waals surface area contributed by atoms with Crippen molar-refractivity contribution in [2.75, 3.05) is 6.54 Å². The summed E-state index contributed by atoms with van der Waals surface area (Å²) >= 11 is 0. The molecular formula is C19H35N. The van der Waals surface area contributed by atoms with Crippen molar-refractivity contribution < 1.29 is 0 Å². The van der Waals surface area contributed by atoms with Gasteiger partial charge in [0, 0.05) is 6.04 Å². The second kappa shape index (κ2) is 5.99. The Morgan fingerprint density at radius 1 is 1.00 bits per heavy atom. The van der Waals surface area contributed by atoms with Gasteiger partial charge in [0.1, 0.15) is 0 Å². The van der Waals surface area contributed by atoms with E-state index in [0.717, 1.165) is 35.1 Å². The van der Waals surface area contributed by atoms with E-state index in [2.05, 4.69) is 26.1 Å². The van der Waals surface area contributed by atoms with Crippen LogP contribution in [0.4, 0.5) is 0 Å². The lowest BCUT2D eigenvalue weighted by molar-refractivity contribution is -0.0646. The van der Waals surface area contributed by atoms with Gasteiger partial charge < -0.3 is 5.32 Å². The van der Waals surface area contributed by atoms with Crippen molar-refractivity contribution in [2.45, 2.75) is 84.6 Å². The summed E-state index contributed by atoms with van der Waals surface area (Å²) in [5.41, 5.74) is 0.740. The van der Waals surface area contributed by atoms with Crippen LogP contribution in [0, 0.1) is 29.1 Å². The number of nitrogens with one attached hydrogen (secondary N) is 1. The van der Waals surface area contributed by atoms with Crippen molar-refractivity contribution in [3.63, 3.8) is 0 Å².